The first-order valence-corrected chi connectivity index (χ1v) is 8.91. The maximum atomic E-state index is 12.8. The number of carbonyl (C=O) groups excluding carboxylic acids is 1. The van der Waals surface area contributed by atoms with Crippen molar-refractivity contribution in [3.63, 3.8) is 0 Å². The van der Waals surface area contributed by atoms with Gasteiger partial charge in [0.25, 0.3) is 0 Å². The SMILES string of the molecule is COc1ccc2c(c1)CN(C(=O)Cn1c(=O)n(C)c3cc(Br)cnc31)C2. The van der Waals surface area contributed by atoms with Crippen molar-refractivity contribution in [3.8, 4) is 5.75 Å². The first-order chi connectivity index (χ1) is 12.5. The average Bonchev–Trinajstić information content (AvgIpc) is 3.16. The Morgan fingerprint density at radius 3 is 2.81 bits per heavy atom. The second-order valence-corrected chi connectivity index (χ2v) is 7.22. The van der Waals surface area contributed by atoms with Gasteiger partial charge in [0, 0.05) is 30.8 Å². The monoisotopic (exact) mass is 416 g/mol. The lowest BCUT2D eigenvalue weighted by Gasteiger charge is -2.15. The molecule has 0 unspecified atom stereocenters. The fourth-order valence-electron chi connectivity index (χ4n) is 3.30. The molecule has 0 spiro atoms. The molecule has 0 N–H and O–H groups in total. The molecule has 0 radical (unpaired) electrons. The Morgan fingerprint density at radius 1 is 1.27 bits per heavy atom. The summed E-state index contributed by atoms with van der Waals surface area (Å²) in [6.45, 7) is 1.02. The van der Waals surface area contributed by atoms with Crippen molar-refractivity contribution >= 4 is 33.0 Å². The van der Waals surface area contributed by atoms with Crippen molar-refractivity contribution in [3.05, 3.63) is 56.5 Å². The van der Waals surface area contributed by atoms with Gasteiger partial charge < -0.3 is 9.64 Å². The van der Waals surface area contributed by atoms with Crippen LogP contribution in [0.25, 0.3) is 11.2 Å². The minimum absolute atomic E-state index is 0.0318. The molecule has 0 fully saturated rings. The third-order valence-electron chi connectivity index (χ3n) is 4.73. The quantitative estimate of drug-likeness (QED) is 0.654. The number of benzene rings is 1. The first-order valence-electron chi connectivity index (χ1n) is 8.12. The van der Waals surface area contributed by atoms with Crippen LogP contribution in [0, 0.1) is 0 Å². The number of carbonyl (C=O) groups is 1. The average molecular weight is 417 g/mol. The van der Waals surface area contributed by atoms with E-state index in [1.54, 1.807) is 25.3 Å². The minimum atomic E-state index is -0.252. The smallest absolute Gasteiger partial charge is 0.330 e. The van der Waals surface area contributed by atoms with Gasteiger partial charge in [-0.1, -0.05) is 6.07 Å². The van der Waals surface area contributed by atoms with Crippen LogP contribution in [0.2, 0.25) is 0 Å². The van der Waals surface area contributed by atoms with E-state index in [4.69, 9.17) is 4.74 Å². The lowest BCUT2D eigenvalue weighted by Crippen LogP contribution is -2.33. The molecule has 0 aliphatic carbocycles. The van der Waals surface area contributed by atoms with Gasteiger partial charge in [-0.15, -0.1) is 0 Å². The fraction of sp³-hybridized carbons (Fsp3) is 0.278. The molecule has 0 saturated heterocycles. The summed E-state index contributed by atoms with van der Waals surface area (Å²) in [5.41, 5.74) is 3.12. The van der Waals surface area contributed by atoms with Gasteiger partial charge in [-0.3, -0.25) is 13.9 Å². The van der Waals surface area contributed by atoms with Gasteiger partial charge in [0.15, 0.2) is 5.65 Å². The molecule has 3 aromatic rings. The summed E-state index contributed by atoms with van der Waals surface area (Å²) in [6.07, 6.45) is 1.63. The predicted octanol–water partition coefficient (Wildman–Crippen LogP) is 2.05. The highest BCUT2D eigenvalue weighted by Gasteiger charge is 2.25. The largest absolute Gasteiger partial charge is 0.497 e. The number of rotatable bonds is 3. The zero-order valence-electron chi connectivity index (χ0n) is 14.4. The van der Waals surface area contributed by atoms with Crippen molar-refractivity contribution in [1.82, 2.24) is 19.0 Å². The van der Waals surface area contributed by atoms with Crippen LogP contribution in [0.5, 0.6) is 5.75 Å². The second kappa shape index (κ2) is 6.28. The third kappa shape index (κ3) is 2.70. The Labute approximate surface area is 157 Å². The van der Waals surface area contributed by atoms with Gasteiger partial charge in [-0.25, -0.2) is 9.78 Å². The maximum absolute atomic E-state index is 12.8. The van der Waals surface area contributed by atoms with Crippen molar-refractivity contribution in [1.29, 1.82) is 0 Å². The number of amides is 1. The topological polar surface area (TPSA) is 69.4 Å². The van der Waals surface area contributed by atoms with E-state index in [1.165, 1.54) is 9.13 Å². The predicted molar refractivity (Wildman–Crippen MR) is 99.9 cm³/mol. The van der Waals surface area contributed by atoms with E-state index in [-0.39, 0.29) is 18.1 Å². The van der Waals surface area contributed by atoms with Crippen molar-refractivity contribution in [2.45, 2.75) is 19.6 Å². The summed E-state index contributed by atoms with van der Waals surface area (Å²) in [7, 11) is 3.30. The lowest BCUT2D eigenvalue weighted by molar-refractivity contribution is -0.132. The molecule has 1 amide bonds. The lowest BCUT2D eigenvalue weighted by atomic mass is 10.1. The summed E-state index contributed by atoms with van der Waals surface area (Å²) < 4.78 is 8.96. The number of aryl methyl sites for hydroxylation is 1. The van der Waals surface area contributed by atoms with E-state index in [2.05, 4.69) is 20.9 Å². The van der Waals surface area contributed by atoms with Crippen LogP contribution in [0.4, 0.5) is 0 Å². The molecule has 134 valence electrons. The van der Waals surface area contributed by atoms with Crippen molar-refractivity contribution in [2.24, 2.45) is 7.05 Å². The molecule has 1 aromatic carbocycles. The molecule has 4 rings (SSSR count). The Balaban J connectivity index is 1.61. The number of hydrogen-bond donors (Lipinski definition) is 0. The summed E-state index contributed by atoms with van der Waals surface area (Å²) in [5, 5.41) is 0. The van der Waals surface area contributed by atoms with E-state index in [0.717, 1.165) is 21.3 Å². The van der Waals surface area contributed by atoms with E-state index >= 15 is 0 Å². The number of pyridine rings is 1. The Bertz CT molecular complexity index is 1090. The van der Waals surface area contributed by atoms with Crippen LogP contribution < -0.4 is 10.4 Å². The number of halogens is 1. The number of ether oxygens (including phenoxy) is 1. The summed E-state index contributed by atoms with van der Waals surface area (Å²) in [6, 6.07) is 7.64. The van der Waals surface area contributed by atoms with Crippen LogP contribution in [0.3, 0.4) is 0 Å². The number of imidazole rings is 1. The highest BCUT2D eigenvalue weighted by Crippen LogP contribution is 2.27. The van der Waals surface area contributed by atoms with E-state index in [9.17, 15) is 9.59 Å². The molecule has 7 nitrogen and oxygen atoms in total. The summed E-state index contributed by atoms with van der Waals surface area (Å²) in [5.74, 6) is 0.664. The van der Waals surface area contributed by atoms with Gasteiger partial charge in [0.2, 0.25) is 5.91 Å². The summed E-state index contributed by atoms with van der Waals surface area (Å²) >= 11 is 3.36. The molecule has 1 aliphatic heterocycles. The van der Waals surface area contributed by atoms with Crippen LogP contribution in [-0.4, -0.2) is 32.0 Å². The number of aromatic nitrogens is 3. The normalized spacial score (nSPS) is 13.3. The molecule has 0 bridgehead atoms. The standard InChI is InChI=1S/C18H17BrN4O3/c1-21-15-6-13(19)7-20-17(15)23(18(21)25)10-16(24)22-8-11-3-4-14(26-2)5-12(11)9-22/h3-7H,8-10H2,1-2H3. The number of nitrogens with zero attached hydrogens (tertiary/aromatic N) is 4. The molecule has 2 aromatic heterocycles. The molecular formula is C18H17BrN4O3. The number of fused-ring (bicyclic) bond motifs is 2. The molecule has 0 saturated carbocycles. The second-order valence-electron chi connectivity index (χ2n) is 6.31. The number of methoxy groups -OCH3 is 1. The van der Waals surface area contributed by atoms with E-state index < -0.39 is 0 Å². The van der Waals surface area contributed by atoms with Gasteiger partial charge in [0.05, 0.1) is 12.6 Å². The molecule has 8 heteroatoms. The zero-order valence-corrected chi connectivity index (χ0v) is 16.0. The highest BCUT2D eigenvalue weighted by atomic mass is 79.9. The maximum Gasteiger partial charge on any atom is 0.330 e. The van der Waals surface area contributed by atoms with Gasteiger partial charge in [-0.2, -0.15) is 0 Å². The number of hydrogen-bond acceptors (Lipinski definition) is 4. The van der Waals surface area contributed by atoms with Crippen molar-refractivity contribution in [2.75, 3.05) is 7.11 Å². The Morgan fingerprint density at radius 2 is 2.04 bits per heavy atom. The molecule has 26 heavy (non-hydrogen) atoms. The third-order valence-corrected chi connectivity index (χ3v) is 5.16. The molecule has 1 aliphatic rings. The van der Waals surface area contributed by atoms with Crippen molar-refractivity contribution < 1.29 is 9.53 Å². The van der Waals surface area contributed by atoms with Gasteiger partial charge >= 0.3 is 5.69 Å². The highest BCUT2D eigenvalue weighted by molar-refractivity contribution is 9.10. The summed E-state index contributed by atoms with van der Waals surface area (Å²) in [4.78, 5) is 31.4. The molecular weight excluding hydrogens is 400 g/mol. The zero-order chi connectivity index (χ0) is 18.4. The molecule has 3 heterocycles. The first kappa shape index (κ1) is 16.8. The Hall–Kier alpha value is -2.61. The minimum Gasteiger partial charge on any atom is -0.497 e. The van der Waals surface area contributed by atoms with Gasteiger partial charge in [0.1, 0.15) is 12.3 Å². The van der Waals surface area contributed by atoms with Crippen LogP contribution in [-0.2, 0) is 31.5 Å². The van der Waals surface area contributed by atoms with E-state index in [1.807, 2.05) is 24.3 Å². The van der Waals surface area contributed by atoms with Gasteiger partial charge in [-0.05, 0) is 45.3 Å². The van der Waals surface area contributed by atoms with E-state index in [0.29, 0.717) is 24.3 Å². The van der Waals surface area contributed by atoms with Crippen LogP contribution in [0.1, 0.15) is 11.1 Å². The Kier molecular flexibility index (Phi) is 4.07. The van der Waals surface area contributed by atoms with Crippen LogP contribution >= 0.6 is 15.9 Å². The molecule has 0 atom stereocenters. The fourth-order valence-corrected chi connectivity index (χ4v) is 3.62. The van der Waals surface area contributed by atoms with Crippen LogP contribution in [0.15, 0.2) is 39.7 Å².